The topological polar surface area (TPSA) is 521 Å². The predicted octanol–water partition coefficient (Wildman–Crippen LogP) is -4.50. The first kappa shape index (κ1) is 75.5. The predicted molar refractivity (Wildman–Crippen MR) is 325 cm³/mol. The fraction of sp³-hybridized carbons (Fsp3) is 0.678. The summed E-state index contributed by atoms with van der Waals surface area (Å²) in [6, 6.07) is -6.94. The number of rotatable bonds is 39. The highest BCUT2D eigenvalue weighted by Crippen LogP contribution is 2.27. The minimum absolute atomic E-state index is 0.0282. The average molecular weight is 1290 g/mol. The van der Waals surface area contributed by atoms with Crippen molar-refractivity contribution in [3.8, 4) is 0 Å². The molecule has 3 saturated heterocycles. The molecule has 3 fully saturated rings. The first-order valence-electron chi connectivity index (χ1n) is 31.2. The quantitative estimate of drug-likeness (QED) is 0.0276. The Hall–Kier alpha value is -7.91. The summed E-state index contributed by atoms with van der Waals surface area (Å²) in [5.41, 5.74) is 23.6. The number of nitrogens with zero attached hydrogens (tertiary/aromatic N) is 3. The van der Waals surface area contributed by atoms with Crippen molar-refractivity contribution in [1.29, 1.82) is 0 Å². The molecule has 0 radical (unpaired) electrons. The lowest BCUT2D eigenvalue weighted by Crippen LogP contribution is -2.62. The second-order valence-corrected chi connectivity index (χ2v) is 23.3. The standard InChI is InChI=1S/C59H94N14O18/c1-33(74)47(69-49(80)36(63)17-6-9-25-60)55(86)67-40(31-35-15-4-3-5-16-35)57(88)73-30-14-22-44(73)58(89)72-29-13-21-43(72)53(84)70-48(34(2)75)54(85)66-39(23-24-45(76)77)56(87)71-28-12-20-42(71)52(83)65-38(19-8-11-27-62)50(81)64-37(18-7-10-26-61)51(82)68-41(59(90)91)32-46(78)79/h3-5,15-16,33-34,36-44,47-48,74-75H,6-14,17-32,60-63H2,1-2H3,(H,64,81)(H,65,83)(H,66,85)(H,67,86)(H,68,82)(H,69,80)(H,70,84)(H,76,77)(H,78,79)(H,90,91)/t33-,34-,36+,37+,38+,39+,40+,41+,42+,43+,44+,47+,48+/m1/s1. The number of carbonyl (C=O) groups is 13. The molecule has 20 N–H and O–H groups in total. The molecule has 0 aliphatic carbocycles. The zero-order chi connectivity index (χ0) is 67.5. The van der Waals surface area contributed by atoms with Crippen LogP contribution in [0.4, 0.5) is 0 Å². The van der Waals surface area contributed by atoms with Gasteiger partial charge >= 0.3 is 17.9 Å². The molecular formula is C59H94N14O18. The van der Waals surface area contributed by atoms with Crippen molar-refractivity contribution in [1.82, 2.24) is 51.9 Å². The third-order valence-electron chi connectivity index (χ3n) is 16.2. The molecule has 1 aromatic carbocycles. The van der Waals surface area contributed by atoms with Crippen LogP contribution in [0.25, 0.3) is 0 Å². The minimum atomic E-state index is -1.84. The van der Waals surface area contributed by atoms with E-state index in [1.54, 1.807) is 30.3 Å². The van der Waals surface area contributed by atoms with Gasteiger partial charge in [0.25, 0.3) is 0 Å². The van der Waals surface area contributed by atoms with Gasteiger partial charge in [0.2, 0.25) is 59.1 Å². The van der Waals surface area contributed by atoms with Crippen LogP contribution in [0, 0.1) is 0 Å². The van der Waals surface area contributed by atoms with E-state index in [-0.39, 0.29) is 96.9 Å². The third-order valence-corrected chi connectivity index (χ3v) is 16.2. The number of carboxylic acid groups (broad SMARTS) is 3. The summed E-state index contributed by atoms with van der Waals surface area (Å²) in [6.45, 7) is 3.30. The van der Waals surface area contributed by atoms with Crippen molar-refractivity contribution >= 4 is 77.0 Å². The van der Waals surface area contributed by atoms with Gasteiger partial charge in [0.05, 0.1) is 24.7 Å². The average Bonchev–Trinajstić information content (AvgIpc) is 1.75. The van der Waals surface area contributed by atoms with Gasteiger partial charge < -0.3 is 100 Å². The fourth-order valence-electron chi connectivity index (χ4n) is 11.3. The molecule has 0 saturated carbocycles. The first-order chi connectivity index (χ1) is 43.2. The summed E-state index contributed by atoms with van der Waals surface area (Å²) in [4.78, 5) is 180. The number of hydrogen-bond acceptors (Lipinski definition) is 19. The van der Waals surface area contributed by atoms with Gasteiger partial charge in [0.1, 0.15) is 60.4 Å². The monoisotopic (exact) mass is 1290 g/mol. The molecule has 3 aliphatic rings. The highest BCUT2D eigenvalue weighted by molar-refractivity contribution is 6.00. The summed E-state index contributed by atoms with van der Waals surface area (Å²) < 4.78 is 0. The molecule has 91 heavy (non-hydrogen) atoms. The summed E-state index contributed by atoms with van der Waals surface area (Å²) in [5.74, 6) is -13.1. The first-order valence-corrected chi connectivity index (χ1v) is 31.2. The van der Waals surface area contributed by atoms with Gasteiger partial charge in [0.15, 0.2) is 0 Å². The second kappa shape index (κ2) is 38.1. The van der Waals surface area contributed by atoms with Crippen LogP contribution in [0.3, 0.4) is 0 Å². The zero-order valence-corrected chi connectivity index (χ0v) is 51.8. The van der Waals surface area contributed by atoms with Crippen LogP contribution in [0.2, 0.25) is 0 Å². The lowest BCUT2D eigenvalue weighted by molar-refractivity contribution is -0.148. The molecule has 13 atom stereocenters. The number of aliphatic hydroxyl groups is 2. The van der Waals surface area contributed by atoms with E-state index in [1.165, 1.54) is 23.6 Å². The number of amides is 10. The number of benzene rings is 1. The molecule has 10 amide bonds. The molecule has 508 valence electrons. The zero-order valence-electron chi connectivity index (χ0n) is 51.8. The molecule has 0 aromatic heterocycles. The number of unbranched alkanes of at least 4 members (excludes halogenated alkanes) is 3. The number of aliphatic carboxylic acids is 3. The molecule has 4 rings (SSSR count). The van der Waals surface area contributed by atoms with E-state index in [4.69, 9.17) is 22.9 Å². The molecule has 32 heteroatoms. The van der Waals surface area contributed by atoms with Gasteiger partial charge in [-0.25, -0.2) is 4.79 Å². The molecule has 1 aromatic rings. The third kappa shape index (κ3) is 23.4. The molecule has 0 unspecified atom stereocenters. The molecular weight excluding hydrogens is 1190 g/mol. The molecule has 3 heterocycles. The lowest BCUT2D eigenvalue weighted by atomic mass is 10.0. The Labute approximate surface area is 527 Å². The van der Waals surface area contributed by atoms with E-state index >= 15 is 0 Å². The van der Waals surface area contributed by atoms with Gasteiger partial charge in [-0.2, -0.15) is 0 Å². The Morgan fingerprint density at radius 2 is 0.923 bits per heavy atom. The van der Waals surface area contributed by atoms with Crippen LogP contribution < -0.4 is 60.2 Å². The van der Waals surface area contributed by atoms with Crippen molar-refractivity contribution in [2.75, 3.05) is 39.3 Å². The number of likely N-dealkylation sites (tertiary alicyclic amines) is 3. The number of nitrogens with two attached hydrogens (primary N) is 4. The van der Waals surface area contributed by atoms with Gasteiger partial charge in [0, 0.05) is 32.5 Å². The van der Waals surface area contributed by atoms with Crippen LogP contribution in [0.15, 0.2) is 30.3 Å². The van der Waals surface area contributed by atoms with Gasteiger partial charge in [-0.3, -0.25) is 57.5 Å². The summed E-state index contributed by atoms with van der Waals surface area (Å²) in [6.07, 6.45) is -1.45. The molecule has 32 nitrogen and oxygen atoms in total. The van der Waals surface area contributed by atoms with Gasteiger partial charge in [-0.1, -0.05) is 36.8 Å². The Morgan fingerprint density at radius 1 is 0.484 bits per heavy atom. The van der Waals surface area contributed by atoms with Crippen molar-refractivity contribution < 1.29 is 87.9 Å². The molecule has 3 aliphatic heterocycles. The van der Waals surface area contributed by atoms with Crippen molar-refractivity contribution in [2.45, 2.75) is 215 Å². The van der Waals surface area contributed by atoms with Crippen LogP contribution >= 0.6 is 0 Å². The largest absolute Gasteiger partial charge is 0.481 e. The number of aliphatic hydroxyl groups excluding tert-OH is 2. The van der Waals surface area contributed by atoms with Crippen LogP contribution in [0.5, 0.6) is 0 Å². The highest BCUT2D eigenvalue weighted by Gasteiger charge is 2.46. The van der Waals surface area contributed by atoms with E-state index in [1.807, 2.05) is 0 Å². The maximum absolute atomic E-state index is 14.7. The Balaban J connectivity index is 1.51. The number of nitrogens with one attached hydrogen (secondary N) is 7. The number of hydrogen-bond donors (Lipinski definition) is 16. The van der Waals surface area contributed by atoms with Crippen molar-refractivity contribution in [2.24, 2.45) is 22.9 Å². The maximum Gasteiger partial charge on any atom is 0.326 e. The number of carbonyl (C=O) groups excluding carboxylic acids is 10. The summed E-state index contributed by atoms with van der Waals surface area (Å²) >= 11 is 0. The Morgan fingerprint density at radius 3 is 1.44 bits per heavy atom. The van der Waals surface area contributed by atoms with E-state index in [2.05, 4.69) is 37.2 Å². The maximum atomic E-state index is 14.7. The van der Waals surface area contributed by atoms with Gasteiger partial charge in [-0.05, 0) is 135 Å². The normalized spacial score (nSPS) is 19.6. The molecule has 0 bridgehead atoms. The lowest BCUT2D eigenvalue weighted by Gasteiger charge is -2.34. The number of carboxylic acids is 3. The highest BCUT2D eigenvalue weighted by atomic mass is 16.4. The second-order valence-electron chi connectivity index (χ2n) is 23.3. The van der Waals surface area contributed by atoms with Crippen LogP contribution in [-0.2, 0) is 68.7 Å². The van der Waals surface area contributed by atoms with Gasteiger partial charge in [-0.15, -0.1) is 0 Å². The van der Waals surface area contributed by atoms with E-state index in [0.717, 1.165) is 4.90 Å². The smallest absolute Gasteiger partial charge is 0.326 e. The SMILES string of the molecule is C[C@@H](O)[C@H](NC(=O)[C@@H](N)CCCCN)C(=O)N[C@@H](Cc1ccccc1)C(=O)N1CCC[C@H]1C(=O)N1CCC[C@H]1C(=O)N[C@H](C(=O)N[C@@H](CCC(=O)O)C(=O)N1CCC[C@H]1C(=O)N[C@@H](CCCCN)C(=O)N[C@@H](CCCCN)C(=O)N[C@@H](CC(=O)O)C(=O)O)[C@@H](C)O. The fourth-order valence-corrected chi connectivity index (χ4v) is 11.3. The van der Waals surface area contributed by atoms with Crippen molar-refractivity contribution in [3.63, 3.8) is 0 Å². The van der Waals surface area contributed by atoms with Crippen molar-refractivity contribution in [3.05, 3.63) is 35.9 Å². The minimum Gasteiger partial charge on any atom is -0.481 e. The van der Waals surface area contributed by atoms with Crippen LogP contribution in [-0.4, -0.2) is 235 Å². The summed E-state index contributed by atoms with van der Waals surface area (Å²) in [5, 5.41) is 67.6. The molecule has 0 spiro atoms. The van der Waals surface area contributed by atoms with Crippen LogP contribution in [0.1, 0.15) is 135 Å². The Bertz CT molecular complexity index is 2670. The van der Waals surface area contributed by atoms with E-state index < -0.39 is 175 Å². The van der Waals surface area contributed by atoms with E-state index in [0.29, 0.717) is 50.6 Å². The Kier molecular flexibility index (Phi) is 31.6. The van der Waals surface area contributed by atoms with E-state index in [9.17, 15) is 87.9 Å². The summed E-state index contributed by atoms with van der Waals surface area (Å²) in [7, 11) is 0.